The summed E-state index contributed by atoms with van der Waals surface area (Å²) >= 11 is 0.741. The third-order valence-corrected chi connectivity index (χ3v) is 5.18. The van der Waals surface area contributed by atoms with Crippen LogP contribution >= 0.6 is 11.8 Å². The standard InChI is InChI=1S/C21H18F2N2O3S/c22-16-8-5-14(6-9-16)7-10-19(26)24-11-12-25-20(27)18(29-21(25)28)13-15-3-1-2-4-17(15)23/h1-6,8-9,13H,7,10-12H2,(H,24,26). The van der Waals surface area contributed by atoms with Crippen molar-refractivity contribution in [1.82, 2.24) is 10.2 Å². The zero-order valence-electron chi connectivity index (χ0n) is 15.4. The van der Waals surface area contributed by atoms with E-state index < -0.39 is 17.0 Å². The van der Waals surface area contributed by atoms with E-state index in [1.165, 1.54) is 36.4 Å². The maximum absolute atomic E-state index is 13.7. The summed E-state index contributed by atoms with van der Waals surface area (Å²) in [7, 11) is 0. The highest BCUT2D eigenvalue weighted by molar-refractivity contribution is 8.18. The van der Waals surface area contributed by atoms with Crippen LogP contribution in [-0.4, -0.2) is 35.0 Å². The van der Waals surface area contributed by atoms with Crippen LogP contribution in [0.3, 0.4) is 0 Å². The number of imide groups is 1. The van der Waals surface area contributed by atoms with Gasteiger partial charge in [0.2, 0.25) is 5.91 Å². The number of carbonyl (C=O) groups excluding carboxylic acids is 3. The Bertz CT molecular complexity index is 961. The van der Waals surface area contributed by atoms with E-state index in [1.807, 2.05) is 0 Å². The van der Waals surface area contributed by atoms with Crippen LogP contribution in [0.2, 0.25) is 0 Å². The molecule has 0 radical (unpaired) electrons. The molecule has 0 aromatic heterocycles. The number of carbonyl (C=O) groups is 3. The number of halogens is 2. The second kappa shape index (κ2) is 9.47. The molecule has 2 aromatic carbocycles. The zero-order chi connectivity index (χ0) is 20.8. The molecule has 5 nitrogen and oxygen atoms in total. The number of aryl methyl sites for hydroxylation is 1. The molecule has 1 aliphatic heterocycles. The van der Waals surface area contributed by atoms with Crippen molar-refractivity contribution in [2.24, 2.45) is 0 Å². The van der Waals surface area contributed by atoms with E-state index in [4.69, 9.17) is 0 Å². The molecule has 2 aromatic rings. The lowest BCUT2D eigenvalue weighted by molar-refractivity contribution is -0.124. The molecule has 1 N–H and O–H groups in total. The van der Waals surface area contributed by atoms with Gasteiger partial charge in [0.05, 0.1) is 4.91 Å². The van der Waals surface area contributed by atoms with E-state index in [0.717, 1.165) is 22.2 Å². The van der Waals surface area contributed by atoms with Gasteiger partial charge in [-0.1, -0.05) is 30.3 Å². The Kier molecular flexibility index (Phi) is 6.77. The van der Waals surface area contributed by atoms with E-state index >= 15 is 0 Å². The number of nitrogens with zero attached hydrogens (tertiary/aromatic N) is 1. The molecule has 1 heterocycles. The smallest absolute Gasteiger partial charge is 0.293 e. The Balaban J connectivity index is 1.48. The Hall–Kier alpha value is -3.00. The predicted octanol–water partition coefficient (Wildman–Crippen LogP) is 3.75. The first-order valence-electron chi connectivity index (χ1n) is 8.95. The number of thioether (sulfide) groups is 1. The highest BCUT2D eigenvalue weighted by Crippen LogP contribution is 2.32. The van der Waals surface area contributed by atoms with Gasteiger partial charge in [0.1, 0.15) is 11.6 Å². The molecule has 1 saturated heterocycles. The van der Waals surface area contributed by atoms with Crippen LogP contribution in [0.15, 0.2) is 53.4 Å². The molecule has 0 aliphatic carbocycles. The third kappa shape index (κ3) is 5.51. The number of nitrogens with one attached hydrogen (secondary N) is 1. The fourth-order valence-electron chi connectivity index (χ4n) is 2.73. The van der Waals surface area contributed by atoms with Gasteiger partial charge in [-0.3, -0.25) is 19.3 Å². The number of hydrogen-bond donors (Lipinski definition) is 1. The molecule has 0 unspecified atom stereocenters. The SMILES string of the molecule is O=C(CCc1ccc(F)cc1)NCCN1C(=O)SC(=Cc2ccccc2F)C1=O. The van der Waals surface area contributed by atoms with Crippen LogP contribution in [0.25, 0.3) is 6.08 Å². The van der Waals surface area contributed by atoms with Crippen molar-refractivity contribution < 1.29 is 23.2 Å². The Morgan fingerprint density at radius 2 is 1.79 bits per heavy atom. The van der Waals surface area contributed by atoms with Gasteiger partial charge in [0.15, 0.2) is 0 Å². The van der Waals surface area contributed by atoms with Crippen molar-refractivity contribution in [3.05, 3.63) is 76.2 Å². The topological polar surface area (TPSA) is 66.5 Å². The second-order valence-corrected chi connectivity index (χ2v) is 7.32. The lowest BCUT2D eigenvalue weighted by atomic mass is 10.1. The van der Waals surface area contributed by atoms with Crippen LogP contribution in [0, 0.1) is 11.6 Å². The van der Waals surface area contributed by atoms with Crippen molar-refractivity contribution in [2.75, 3.05) is 13.1 Å². The molecule has 3 amide bonds. The number of hydrogen-bond acceptors (Lipinski definition) is 4. The Morgan fingerprint density at radius 3 is 2.52 bits per heavy atom. The summed E-state index contributed by atoms with van der Waals surface area (Å²) in [6.07, 6.45) is 2.02. The molecule has 1 aliphatic rings. The summed E-state index contributed by atoms with van der Waals surface area (Å²) in [4.78, 5) is 37.6. The predicted molar refractivity (Wildman–Crippen MR) is 107 cm³/mol. The van der Waals surface area contributed by atoms with Crippen molar-refractivity contribution in [3.63, 3.8) is 0 Å². The first-order valence-corrected chi connectivity index (χ1v) is 9.77. The molecular weight excluding hydrogens is 398 g/mol. The summed E-state index contributed by atoms with van der Waals surface area (Å²) < 4.78 is 26.6. The third-order valence-electron chi connectivity index (χ3n) is 4.28. The fourth-order valence-corrected chi connectivity index (χ4v) is 3.59. The molecule has 1 fully saturated rings. The average molecular weight is 416 g/mol. The highest BCUT2D eigenvalue weighted by Gasteiger charge is 2.34. The molecule has 0 spiro atoms. The minimum atomic E-state index is -0.510. The Labute approximate surface area is 170 Å². The quantitative estimate of drug-likeness (QED) is 0.698. The summed E-state index contributed by atoms with van der Waals surface area (Å²) in [5, 5.41) is 2.20. The van der Waals surface area contributed by atoms with Crippen LogP contribution in [-0.2, 0) is 16.0 Å². The second-order valence-electron chi connectivity index (χ2n) is 6.33. The molecule has 8 heteroatoms. The van der Waals surface area contributed by atoms with Gasteiger partial charge in [-0.25, -0.2) is 8.78 Å². The monoisotopic (exact) mass is 416 g/mol. The van der Waals surface area contributed by atoms with E-state index in [1.54, 1.807) is 18.2 Å². The van der Waals surface area contributed by atoms with Crippen molar-refractivity contribution in [2.45, 2.75) is 12.8 Å². The maximum Gasteiger partial charge on any atom is 0.293 e. The number of rotatable bonds is 7. The lowest BCUT2D eigenvalue weighted by Gasteiger charge is -2.13. The van der Waals surface area contributed by atoms with E-state index in [0.29, 0.717) is 6.42 Å². The summed E-state index contributed by atoms with van der Waals surface area (Å²) in [6.45, 7) is 0.148. The summed E-state index contributed by atoms with van der Waals surface area (Å²) in [5.74, 6) is -1.56. The minimum absolute atomic E-state index is 0.0293. The van der Waals surface area contributed by atoms with Gasteiger partial charge >= 0.3 is 0 Å². The minimum Gasteiger partial charge on any atom is -0.354 e. The van der Waals surface area contributed by atoms with Crippen LogP contribution in [0.5, 0.6) is 0 Å². The molecule has 3 rings (SSSR count). The molecule has 0 saturated carbocycles. The number of benzene rings is 2. The van der Waals surface area contributed by atoms with Crippen LogP contribution in [0.1, 0.15) is 17.5 Å². The van der Waals surface area contributed by atoms with Crippen molar-refractivity contribution >= 4 is 34.9 Å². The molecular formula is C21H18F2N2O3S. The summed E-state index contributed by atoms with van der Waals surface area (Å²) in [6, 6.07) is 11.9. The zero-order valence-corrected chi connectivity index (χ0v) is 16.2. The molecule has 29 heavy (non-hydrogen) atoms. The van der Waals surface area contributed by atoms with E-state index in [-0.39, 0.29) is 41.7 Å². The Morgan fingerprint density at radius 1 is 1.07 bits per heavy atom. The fraction of sp³-hybridized carbons (Fsp3) is 0.190. The van der Waals surface area contributed by atoms with Gasteiger partial charge in [0.25, 0.3) is 11.1 Å². The van der Waals surface area contributed by atoms with Gasteiger partial charge in [-0.2, -0.15) is 0 Å². The highest BCUT2D eigenvalue weighted by atomic mass is 32.2. The van der Waals surface area contributed by atoms with E-state index in [2.05, 4.69) is 5.32 Å². The van der Waals surface area contributed by atoms with Crippen molar-refractivity contribution in [1.29, 1.82) is 0 Å². The lowest BCUT2D eigenvalue weighted by Crippen LogP contribution is -2.37. The molecule has 0 atom stereocenters. The van der Waals surface area contributed by atoms with Gasteiger partial charge in [-0.15, -0.1) is 0 Å². The normalized spacial score (nSPS) is 15.2. The van der Waals surface area contributed by atoms with Gasteiger partial charge in [0, 0.05) is 25.1 Å². The van der Waals surface area contributed by atoms with Gasteiger partial charge < -0.3 is 5.32 Å². The largest absolute Gasteiger partial charge is 0.354 e. The maximum atomic E-state index is 13.7. The van der Waals surface area contributed by atoms with Crippen LogP contribution < -0.4 is 5.32 Å². The van der Waals surface area contributed by atoms with E-state index in [9.17, 15) is 23.2 Å². The molecule has 0 bridgehead atoms. The first kappa shape index (κ1) is 20.7. The summed E-state index contributed by atoms with van der Waals surface area (Å²) in [5.41, 5.74) is 1.07. The molecule has 150 valence electrons. The average Bonchev–Trinajstić information content (AvgIpc) is 2.96. The van der Waals surface area contributed by atoms with Crippen molar-refractivity contribution in [3.8, 4) is 0 Å². The number of amides is 3. The van der Waals surface area contributed by atoms with Gasteiger partial charge in [-0.05, 0) is 48.0 Å². The first-order chi connectivity index (χ1) is 13.9. The van der Waals surface area contributed by atoms with Crippen LogP contribution in [0.4, 0.5) is 13.6 Å².